The highest BCUT2D eigenvalue weighted by Gasteiger charge is 2.40. The molecule has 1 aliphatic rings. The highest BCUT2D eigenvalue weighted by atomic mass is 16.2. The molecule has 1 amide bonds. The van der Waals surface area contributed by atoms with Gasteiger partial charge in [0.05, 0.1) is 5.41 Å². The van der Waals surface area contributed by atoms with Crippen molar-refractivity contribution >= 4 is 11.9 Å². The van der Waals surface area contributed by atoms with Crippen LogP contribution in [0.3, 0.4) is 0 Å². The molecule has 2 rings (SSSR count). The van der Waals surface area contributed by atoms with Crippen LogP contribution in [0, 0.1) is 19.3 Å². The topological polar surface area (TPSA) is 80.9 Å². The summed E-state index contributed by atoms with van der Waals surface area (Å²) in [5, 5.41) is 2.82. The van der Waals surface area contributed by atoms with Gasteiger partial charge in [0.1, 0.15) is 0 Å². The van der Waals surface area contributed by atoms with E-state index in [1.165, 1.54) is 0 Å². The molecule has 5 nitrogen and oxygen atoms in total. The molecule has 0 atom stereocenters. The number of carbonyl (C=O) groups is 1. The summed E-state index contributed by atoms with van der Waals surface area (Å²) in [6, 6.07) is 1.88. The minimum absolute atomic E-state index is 0.0347. The molecule has 1 fully saturated rings. The third-order valence-electron chi connectivity index (χ3n) is 3.64. The highest BCUT2D eigenvalue weighted by Crippen LogP contribution is 2.37. The van der Waals surface area contributed by atoms with Crippen LogP contribution in [0.1, 0.15) is 37.1 Å². The van der Waals surface area contributed by atoms with Crippen LogP contribution in [-0.2, 0) is 4.79 Å². The van der Waals surface area contributed by atoms with E-state index in [0.717, 1.165) is 37.1 Å². The molecule has 0 saturated heterocycles. The second-order valence-electron chi connectivity index (χ2n) is 5.12. The lowest BCUT2D eigenvalue weighted by atomic mass is 9.85. The van der Waals surface area contributed by atoms with E-state index in [2.05, 4.69) is 15.3 Å². The number of aromatic nitrogens is 2. The first kappa shape index (κ1) is 13.0. The van der Waals surface area contributed by atoms with Gasteiger partial charge < -0.3 is 5.73 Å². The van der Waals surface area contributed by atoms with E-state index >= 15 is 0 Å². The van der Waals surface area contributed by atoms with E-state index < -0.39 is 5.41 Å². The molecule has 1 aliphatic carbocycles. The van der Waals surface area contributed by atoms with Crippen molar-refractivity contribution in [2.75, 3.05) is 11.9 Å². The third-order valence-corrected chi connectivity index (χ3v) is 3.64. The van der Waals surface area contributed by atoms with Crippen molar-refractivity contribution in [3.8, 4) is 0 Å². The zero-order valence-electron chi connectivity index (χ0n) is 11.0. The van der Waals surface area contributed by atoms with Crippen LogP contribution < -0.4 is 11.1 Å². The molecular formula is C13H20N4O. The molecule has 0 spiro atoms. The lowest BCUT2D eigenvalue weighted by Crippen LogP contribution is -2.40. The molecule has 98 valence electrons. The minimum Gasteiger partial charge on any atom is -0.329 e. The Hall–Kier alpha value is -1.49. The standard InChI is InChI=1S/C13H20N4O/c1-9-7-10(2)16-12(15-9)17-11(18)13(8-14)5-3-4-6-13/h7H,3-6,8,14H2,1-2H3,(H,15,16,17,18). The summed E-state index contributed by atoms with van der Waals surface area (Å²) in [4.78, 5) is 20.8. The van der Waals surface area contributed by atoms with Gasteiger partial charge in [0.25, 0.3) is 0 Å². The average Bonchev–Trinajstić information content (AvgIpc) is 2.77. The third kappa shape index (κ3) is 2.51. The number of hydrogen-bond acceptors (Lipinski definition) is 4. The molecule has 1 aromatic rings. The fourth-order valence-electron chi connectivity index (χ4n) is 2.59. The first-order valence-corrected chi connectivity index (χ1v) is 6.39. The van der Waals surface area contributed by atoms with Gasteiger partial charge in [-0.15, -0.1) is 0 Å². The Labute approximate surface area is 107 Å². The van der Waals surface area contributed by atoms with Gasteiger partial charge in [0, 0.05) is 17.9 Å². The van der Waals surface area contributed by atoms with E-state index in [4.69, 9.17) is 5.73 Å². The Bertz CT molecular complexity index is 432. The van der Waals surface area contributed by atoms with E-state index in [0.29, 0.717) is 12.5 Å². The lowest BCUT2D eigenvalue weighted by molar-refractivity contribution is -0.124. The number of nitrogens with two attached hydrogens (primary N) is 1. The fourth-order valence-corrected chi connectivity index (χ4v) is 2.59. The van der Waals surface area contributed by atoms with Crippen LogP contribution >= 0.6 is 0 Å². The van der Waals surface area contributed by atoms with Gasteiger partial charge in [0.2, 0.25) is 11.9 Å². The van der Waals surface area contributed by atoms with Gasteiger partial charge in [-0.1, -0.05) is 12.8 Å². The van der Waals surface area contributed by atoms with Crippen LogP contribution in [0.25, 0.3) is 0 Å². The molecule has 0 unspecified atom stereocenters. The van der Waals surface area contributed by atoms with Crippen molar-refractivity contribution in [1.82, 2.24) is 9.97 Å². The van der Waals surface area contributed by atoms with Gasteiger partial charge in [-0.2, -0.15) is 0 Å². The van der Waals surface area contributed by atoms with Crippen molar-refractivity contribution < 1.29 is 4.79 Å². The monoisotopic (exact) mass is 248 g/mol. The number of aryl methyl sites for hydroxylation is 2. The molecule has 3 N–H and O–H groups in total. The van der Waals surface area contributed by atoms with Gasteiger partial charge >= 0.3 is 0 Å². The zero-order chi connectivity index (χ0) is 13.2. The summed E-state index contributed by atoms with van der Waals surface area (Å²) in [6.07, 6.45) is 3.86. The highest BCUT2D eigenvalue weighted by molar-refractivity contribution is 5.94. The molecule has 18 heavy (non-hydrogen) atoms. The van der Waals surface area contributed by atoms with Gasteiger partial charge in [0.15, 0.2) is 0 Å². The molecule has 0 aliphatic heterocycles. The maximum atomic E-state index is 12.3. The predicted octanol–water partition coefficient (Wildman–Crippen LogP) is 1.55. The quantitative estimate of drug-likeness (QED) is 0.850. The molecule has 1 aromatic heterocycles. The summed E-state index contributed by atoms with van der Waals surface area (Å²) in [6.45, 7) is 4.17. The average molecular weight is 248 g/mol. The van der Waals surface area contributed by atoms with Crippen LogP contribution in [0.5, 0.6) is 0 Å². The van der Waals surface area contributed by atoms with E-state index in [-0.39, 0.29) is 5.91 Å². The van der Waals surface area contributed by atoms with E-state index in [1.54, 1.807) is 0 Å². The predicted molar refractivity (Wildman–Crippen MR) is 70.1 cm³/mol. The van der Waals surface area contributed by atoms with Crippen molar-refractivity contribution in [3.63, 3.8) is 0 Å². The Kier molecular flexibility index (Phi) is 3.61. The number of carbonyl (C=O) groups excluding carboxylic acids is 1. The number of nitrogens with zero attached hydrogens (tertiary/aromatic N) is 2. The maximum absolute atomic E-state index is 12.3. The van der Waals surface area contributed by atoms with Crippen molar-refractivity contribution in [1.29, 1.82) is 0 Å². The van der Waals surface area contributed by atoms with Crippen LogP contribution in [0.4, 0.5) is 5.95 Å². The summed E-state index contributed by atoms with van der Waals surface area (Å²) in [5.74, 6) is 0.352. The fraction of sp³-hybridized carbons (Fsp3) is 0.615. The zero-order valence-corrected chi connectivity index (χ0v) is 11.0. The van der Waals surface area contributed by atoms with E-state index in [9.17, 15) is 4.79 Å². The summed E-state index contributed by atoms with van der Waals surface area (Å²) in [7, 11) is 0. The molecule has 1 heterocycles. The molecule has 0 bridgehead atoms. The lowest BCUT2D eigenvalue weighted by Gasteiger charge is -2.25. The first-order chi connectivity index (χ1) is 8.55. The summed E-state index contributed by atoms with van der Waals surface area (Å²) < 4.78 is 0. The van der Waals surface area contributed by atoms with Crippen molar-refractivity contribution in [2.45, 2.75) is 39.5 Å². The Morgan fingerprint density at radius 3 is 2.39 bits per heavy atom. The second-order valence-corrected chi connectivity index (χ2v) is 5.12. The van der Waals surface area contributed by atoms with Crippen molar-refractivity contribution in [3.05, 3.63) is 17.5 Å². The summed E-state index contributed by atoms with van der Waals surface area (Å²) >= 11 is 0. The largest absolute Gasteiger partial charge is 0.329 e. The Morgan fingerprint density at radius 1 is 1.33 bits per heavy atom. The Morgan fingerprint density at radius 2 is 1.89 bits per heavy atom. The van der Waals surface area contributed by atoms with Crippen LogP contribution in [0.15, 0.2) is 6.07 Å². The number of anilines is 1. The summed E-state index contributed by atoms with van der Waals surface area (Å²) in [5.41, 5.74) is 7.07. The maximum Gasteiger partial charge on any atom is 0.234 e. The minimum atomic E-state index is -0.416. The smallest absolute Gasteiger partial charge is 0.234 e. The molecule has 0 aromatic carbocycles. The van der Waals surface area contributed by atoms with Gasteiger partial charge in [-0.25, -0.2) is 9.97 Å². The number of hydrogen-bond donors (Lipinski definition) is 2. The number of rotatable bonds is 3. The molecule has 0 radical (unpaired) electrons. The second kappa shape index (κ2) is 5.02. The molecular weight excluding hydrogens is 228 g/mol. The normalized spacial score (nSPS) is 17.7. The number of amides is 1. The van der Waals surface area contributed by atoms with Gasteiger partial charge in [-0.3, -0.25) is 10.1 Å². The molecule has 1 saturated carbocycles. The van der Waals surface area contributed by atoms with Gasteiger partial charge in [-0.05, 0) is 32.8 Å². The van der Waals surface area contributed by atoms with Crippen LogP contribution in [-0.4, -0.2) is 22.4 Å². The van der Waals surface area contributed by atoms with Crippen molar-refractivity contribution in [2.24, 2.45) is 11.1 Å². The Balaban J connectivity index is 2.15. The molecule has 5 heteroatoms. The SMILES string of the molecule is Cc1cc(C)nc(NC(=O)C2(CN)CCCC2)n1. The van der Waals surface area contributed by atoms with E-state index in [1.807, 2.05) is 19.9 Å². The first-order valence-electron chi connectivity index (χ1n) is 6.39. The number of nitrogens with one attached hydrogen (secondary N) is 1. The van der Waals surface area contributed by atoms with Crippen LogP contribution in [0.2, 0.25) is 0 Å².